The molecule has 0 aliphatic rings. The summed E-state index contributed by atoms with van der Waals surface area (Å²) in [4.78, 5) is 20.9. The lowest BCUT2D eigenvalue weighted by Crippen LogP contribution is -2.35. The Kier molecular flexibility index (Phi) is 6.09. The number of aliphatic hydroxyl groups is 2. The summed E-state index contributed by atoms with van der Waals surface area (Å²) in [7, 11) is 0. The molecule has 0 radical (unpaired) electrons. The van der Waals surface area contributed by atoms with Crippen molar-refractivity contribution in [3.63, 3.8) is 0 Å². The van der Waals surface area contributed by atoms with Gasteiger partial charge in [-0.3, -0.25) is 4.79 Å². The normalized spacial score (nSPS) is 14.7. The van der Waals surface area contributed by atoms with Crippen molar-refractivity contribution in [2.24, 2.45) is 0 Å². The standard InChI is InChI=1S/C8H15NO4/c1-6(12)9-7(4-10)2-3-8(13)5-11/h4,7-8,11,13H,2-3,5H2,1H3,(H,9,12)/t7-,8+/m1/s1. The Labute approximate surface area is 76.8 Å². The highest BCUT2D eigenvalue weighted by molar-refractivity contribution is 5.77. The maximum Gasteiger partial charge on any atom is 0.217 e. The van der Waals surface area contributed by atoms with Crippen LogP contribution in [0.3, 0.4) is 0 Å². The van der Waals surface area contributed by atoms with Crippen LogP contribution >= 0.6 is 0 Å². The van der Waals surface area contributed by atoms with Crippen LogP contribution in [-0.4, -0.2) is 41.2 Å². The Balaban J connectivity index is 3.71. The Hall–Kier alpha value is -0.940. The SMILES string of the molecule is CC(=O)N[C@@H](C=O)CC[C@H](O)CO. The number of hydrogen-bond donors (Lipinski definition) is 3. The van der Waals surface area contributed by atoms with Crippen molar-refractivity contribution in [3.05, 3.63) is 0 Å². The second-order valence-corrected chi connectivity index (χ2v) is 2.86. The number of nitrogens with one attached hydrogen (secondary N) is 1. The van der Waals surface area contributed by atoms with E-state index in [0.29, 0.717) is 19.1 Å². The maximum absolute atomic E-state index is 10.5. The minimum atomic E-state index is -0.823. The molecule has 0 saturated carbocycles. The van der Waals surface area contributed by atoms with Crippen molar-refractivity contribution in [1.82, 2.24) is 5.32 Å². The summed E-state index contributed by atoms with van der Waals surface area (Å²) in [6.45, 7) is 0.991. The van der Waals surface area contributed by atoms with Crippen LogP contribution in [0.15, 0.2) is 0 Å². The van der Waals surface area contributed by atoms with Gasteiger partial charge in [0.05, 0.1) is 18.8 Å². The van der Waals surface area contributed by atoms with Gasteiger partial charge >= 0.3 is 0 Å². The first-order valence-electron chi connectivity index (χ1n) is 4.11. The van der Waals surface area contributed by atoms with Gasteiger partial charge in [-0.15, -0.1) is 0 Å². The maximum atomic E-state index is 10.5. The number of rotatable bonds is 6. The van der Waals surface area contributed by atoms with Crippen LogP contribution < -0.4 is 5.32 Å². The van der Waals surface area contributed by atoms with Crippen molar-refractivity contribution in [3.8, 4) is 0 Å². The average molecular weight is 189 g/mol. The van der Waals surface area contributed by atoms with E-state index in [9.17, 15) is 9.59 Å². The third-order valence-corrected chi connectivity index (χ3v) is 1.57. The molecule has 1 amide bonds. The van der Waals surface area contributed by atoms with Crippen molar-refractivity contribution < 1.29 is 19.8 Å². The Morgan fingerprint density at radius 3 is 2.54 bits per heavy atom. The molecule has 0 aromatic rings. The monoisotopic (exact) mass is 189 g/mol. The molecule has 0 saturated heterocycles. The van der Waals surface area contributed by atoms with E-state index in [0.717, 1.165) is 0 Å². The molecule has 76 valence electrons. The van der Waals surface area contributed by atoms with Gasteiger partial charge in [-0.2, -0.15) is 0 Å². The van der Waals surface area contributed by atoms with E-state index >= 15 is 0 Å². The topological polar surface area (TPSA) is 86.6 Å². The molecule has 0 bridgehead atoms. The molecule has 3 N–H and O–H groups in total. The summed E-state index contributed by atoms with van der Waals surface area (Å²) in [6, 6.07) is -0.571. The Morgan fingerprint density at radius 1 is 1.54 bits per heavy atom. The molecule has 13 heavy (non-hydrogen) atoms. The van der Waals surface area contributed by atoms with E-state index in [1.54, 1.807) is 0 Å². The summed E-state index contributed by atoms with van der Waals surface area (Å²) < 4.78 is 0. The molecule has 5 nitrogen and oxygen atoms in total. The molecule has 0 aliphatic carbocycles. The molecule has 0 spiro atoms. The molecule has 0 unspecified atom stereocenters. The fourth-order valence-electron chi connectivity index (χ4n) is 0.899. The van der Waals surface area contributed by atoms with Gasteiger partial charge in [0.25, 0.3) is 0 Å². The molecule has 0 aromatic carbocycles. The van der Waals surface area contributed by atoms with Crippen LogP contribution in [-0.2, 0) is 9.59 Å². The van der Waals surface area contributed by atoms with Gasteiger partial charge < -0.3 is 20.3 Å². The highest BCUT2D eigenvalue weighted by atomic mass is 16.3. The van der Waals surface area contributed by atoms with Gasteiger partial charge in [0.2, 0.25) is 5.91 Å². The molecular weight excluding hydrogens is 174 g/mol. The van der Waals surface area contributed by atoms with E-state index in [1.165, 1.54) is 6.92 Å². The van der Waals surface area contributed by atoms with Crippen LogP contribution in [0.5, 0.6) is 0 Å². The first-order valence-corrected chi connectivity index (χ1v) is 4.11. The number of amides is 1. The van der Waals surface area contributed by atoms with Gasteiger partial charge in [-0.05, 0) is 12.8 Å². The van der Waals surface area contributed by atoms with Crippen molar-refractivity contribution >= 4 is 12.2 Å². The largest absolute Gasteiger partial charge is 0.394 e. The first-order chi connectivity index (χ1) is 6.10. The number of carbonyl (C=O) groups excluding carboxylic acids is 2. The van der Waals surface area contributed by atoms with Crippen LogP contribution in [0.25, 0.3) is 0 Å². The molecule has 0 heterocycles. The molecular formula is C8H15NO4. The number of carbonyl (C=O) groups is 2. The minimum Gasteiger partial charge on any atom is -0.394 e. The second-order valence-electron chi connectivity index (χ2n) is 2.86. The number of aliphatic hydroxyl groups excluding tert-OH is 2. The zero-order chi connectivity index (χ0) is 10.3. The Morgan fingerprint density at radius 2 is 2.15 bits per heavy atom. The third kappa shape index (κ3) is 6.24. The average Bonchev–Trinajstić information content (AvgIpc) is 2.10. The van der Waals surface area contributed by atoms with Crippen LogP contribution in [0.1, 0.15) is 19.8 Å². The van der Waals surface area contributed by atoms with Crippen molar-refractivity contribution in [1.29, 1.82) is 0 Å². The van der Waals surface area contributed by atoms with E-state index in [1.807, 2.05) is 0 Å². The summed E-state index contributed by atoms with van der Waals surface area (Å²) >= 11 is 0. The summed E-state index contributed by atoms with van der Waals surface area (Å²) in [5.41, 5.74) is 0. The molecule has 0 aromatic heterocycles. The summed E-state index contributed by atoms with van der Waals surface area (Å²) in [5, 5.41) is 19.8. The number of aldehydes is 1. The van der Waals surface area contributed by atoms with Gasteiger partial charge in [-0.25, -0.2) is 0 Å². The predicted octanol–water partition coefficient (Wildman–Crippen LogP) is -1.18. The highest BCUT2D eigenvalue weighted by Crippen LogP contribution is 1.99. The fourth-order valence-corrected chi connectivity index (χ4v) is 0.899. The lowest BCUT2D eigenvalue weighted by atomic mass is 10.1. The van der Waals surface area contributed by atoms with Crippen molar-refractivity contribution in [2.45, 2.75) is 31.9 Å². The van der Waals surface area contributed by atoms with Crippen molar-refractivity contribution in [2.75, 3.05) is 6.61 Å². The van der Waals surface area contributed by atoms with Gasteiger partial charge in [0.1, 0.15) is 6.29 Å². The zero-order valence-electron chi connectivity index (χ0n) is 7.56. The first kappa shape index (κ1) is 12.1. The van der Waals surface area contributed by atoms with E-state index in [2.05, 4.69) is 5.32 Å². The lowest BCUT2D eigenvalue weighted by molar-refractivity contribution is -0.122. The van der Waals surface area contributed by atoms with Crippen LogP contribution in [0.2, 0.25) is 0 Å². The van der Waals surface area contributed by atoms with Gasteiger partial charge in [0, 0.05) is 6.92 Å². The van der Waals surface area contributed by atoms with Crippen LogP contribution in [0, 0.1) is 0 Å². The summed E-state index contributed by atoms with van der Waals surface area (Å²) in [5.74, 6) is -0.282. The molecule has 2 atom stereocenters. The minimum absolute atomic E-state index is 0.282. The molecule has 0 aliphatic heterocycles. The molecule has 0 rings (SSSR count). The predicted molar refractivity (Wildman–Crippen MR) is 46.0 cm³/mol. The fraction of sp³-hybridized carbons (Fsp3) is 0.750. The lowest BCUT2D eigenvalue weighted by Gasteiger charge is -2.12. The molecule has 5 heteroatoms. The second kappa shape index (κ2) is 6.56. The zero-order valence-corrected chi connectivity index (χ0v) is 7.56. The quantitative estimate of drug-likeness (QED) is 0.459. The van der Waals surface area contributed by atoms with E-state index < -0.39 is 12.1 Å². The summed E-state index contributed by atoms with van der Waals surface area (Å²) in [6.07, 6.45) is 0.424. The van der Waals surface area contributed by atoms with E-state index in [4.69, 9.17) is 10.2 Å². The number of hydrogen-bond acceptors (Lipinski definition) is 4. The Bertz CT molecular complexity index is 172. The van der Waals surface area contributed by atoms with E-state index in [-0.39, 0.29) is 12.5 Å². The van der Waals surface area contributed by atoms with Gasteiger partial charge in [0.15, 0.2) is 0 Å². The highest BCUT2D eigenvalue weighted by Gasteiger charge is 2.10. The van der Waals surface area contributed by atoms with Crippen LogP contribution in [0.4, 0.5) is 0 Å². The molecule has 0 fully saturated rings. The smallest absolute Gasteiger partial charge is 0.217 e. The van der Waals surface area contributed by atoms with Gasteiger partial charge in [-0.1, -0.05) is 0 Å². The third-order valence-electron chi connectivity index (χ3n) is 1.57.